The van der Waals surface area contributed by atoms with Crippen molar-refractivity contribution in [2.24, 2.45) is 34.5 Å². The van der Waals surface area contributed by atoms with Gasteiger partial charge in [0, 0.05) is 17.8 Å². The first-order valence-electron chi connectivity index (χ1n) is 14.1. The second-order valence-corrected chi connectivity index (χ2v) is 13.2. The molecule has 0 spiro atoms. The highest BCUT2D eigenvalue weighted by Gasteiger charge is 2.69. The molecular weight excluding hydrogens is 460 g/mol. The van der Waals surface area contributed by atoms with Gasteiger partial charge in [-0.1, -0.05) is 40.5 Å². The molecule has 0 saturated heterocycles. The van der Waals surface area contributed by atoms with Gasteiger partial charge in [0.2, 0.25) is 0 Å². The van der Waals surface area contributed by atoms with Crippen LogP contribution >= 0.6 is 0 Å². The van der Waals surface area contributed by atoms with E-state index in [-0.39, 0.29) is 36.4 Å². The van der Waals surface area contributed by atoms with Gasteiger partial charge in [-0.3, -0.25) is 4.79 Å². The number of fused-ring (bicyclic) bond motifs is 5. The second-order valence-electron chi connectivity index (χ2n) is 13.2. The lowest BCUT2D eigenvalue weighted by molar-refractivity contribution is -0.179. The van der Waals surface area contributed by atoms with Gasteiger partial charge in [0.15, 0.2) is 5.78 Å². The molecule has 0 amide bonds. The fraction of sp³-hybridized carbons (Fsp3) is 0.897. The normalized spacial score (nSPS) is 45.8. The number of hydrogen-bond acceptors (Lipinski definition) is 7. The number of rotatable bonds is 7. The maximum absolute atomic E-state index is 13.3. The molecule has 7 nitrogen and oxygen atoms in total. The number of ketones is 1. The van der Waals surface area contributed by atoms with Gasteiger partial charge in [-0.2, -0.15) is 0 Å². The summed E-state index contributed by atoms with van der Waals surface area (Å²) in [6, 6.07) is 0. The van der Waals surface area contributed by atoms with Gasteiger partial charge in [0.05, 0.1) is 35.6 Å². The molecule has 6 N–H and O–H groups in total. The van der Waals surface area contributed by atoms with E-state index in [1.54, 1.807) is 13.0 Å². The fourth-order valence-electron chi connectivity index (χ4n) is 9.03. The minimum atomic E-state index is -1.52. The summed E-state index contributed by atoms with van der Waals surface area (Å²) in [5.41, 5.74) is -3.42. The van der Waals surface area contributed by atoms with Gasteiger partial charge in [-0.15, -0.1) is 0 Å². The summed E-state index contributed by atoms with van der Waals surface area (Å²) in [5, 5.41) is 66.6. The predicted octanol–water partition coefficient (Wildman–Crippen LogP) is 2.49. The maximum atomic E-state index is 13.3. The molecule has 3 fully saturated rings. The van der Waals surface area contributed by atoms with Crippen LogP contribution in [0.15, 0.2) is 11.6 Å². The predicted molar refractivity (Wildman–Crippen MR) is 136 cm³/mol. The van der Waals surface area contributed by atoms with Crippen LogP contribution in [0.2, 0.25) is 0 Å². The number of allylic oxidation sites excluding steroid dienone is 1. The van der Waals surface area contributed by atoms with E-state index in [9.17, 15) is 35.4 Å². The molecule has 4 aliphatic rings. The fourth-order valence-corrected chi connectivity index (χ4v) is 9.03. The Hall–Kier alpha value is -0.830. The molecule has 4 aliphatic carbocycles. The standard InChI is InChI=1S/C29H48O7/c1-6-16(7-2)20(30)14-25(34)28(5,35)24-9-11-29(36)18-12-21(31)19-13-22(32)23(33)15-26(19,3)17(18)8-10-27(24,29)4/h12,16-17,19-20,22-25,30,32-36H,6-11,13-15H2,1-5H3/t17-,19-,20-,22-,23-,24+,25+,26-,27-,28-,29+/m0/s1. The van der Waals surface area contributed by atoms with Crippen molar-refractivity contribution >= 4 is 5.78 Å². The summed E-state index contributed by atoms with van der Waals surface area (Å²) in [4.78, 5) is 13.3. The number of aliphatic hydroxyl groups excluding tert-OH is 4. The molecule has 36 heavy (non-hydrogen) atoms. The van der Waals surface area contributed by atoms with Gasteiger partial charge in [-0.25, -0.2) is 0 Å². The van der Waals surface area contributed by atoms with Gasteiger partial charge in [-0.05, 0) is 80.3 Å². The average Bonchev–Trinajstić information content (AvgIpc) is 3.08. The van der Waals surface area contributed by atoms with Gasteiger partial charge < -0.3 is 30.6 Å². The Morgan fingerprint density at radius 2 is 1.69 bits per heavy atom. The second kappa shape index (κ2) is 9.42. The zero-order valence-electron chi connectivity index (χ0n) is 22.7. The lowest BCUT2D eigenvalue weighted by Crippen LogP contribution is -2.63. The minimum Gasteiger partial charge on any atom is -0.393 e. The topological polar surface area (TPSA) is 138 Å². The molecule has 206 valence electrons. The SMILES string of the molecule is CCC(CC)[C@@H](O)C[C@@H](O)[C@@](C)(O)[C@@H]1CC[C@@]2(O)C3=CC(=O)[C@@H]4C[C@H](O)[C@@H](O)C[C@@]4(C)[C@H]3CC[C@@]12C. The van der Waals surface area contributed by atoms with Crippen LogP contribution in [-0.4, -0.2) is 72.0 Å². The van der Waals surface area contributed by atoms with E-state index in [1.807, 2.05) is 27.7 Å². The van der Waals surface area contributed by atoms with Crippen LogP contribution in [0.4, 0.5) is 0 Å². The quantitative estimate of drug-likeness (QED) is 0.311. The van der Waals surface area contributed by atoms with E-state index in [4.69, 9.17) is 0 Å². The summed E-state index contributed by atoms with van der Waals surface area (Å²) in [5.74, 6) is -0.938. The number of carbonyl (C=O) groups excluding carboxylic acids is 1. The Bertz CT molecular complexity index is 881. The molecule has 4 rings (SSSR count). The van der Waals surface area contributed by atoms with E-state index in [0.717, 1.165) is 12.8 Å². The van der Waals surface area contributed by atoms with Crippen molar-refractivity contribution in [1.29, 1.82) is 0 Å². The molecule has 3 saturated carbocycles. The van der Waals surface area contributed by atoms with Gasteiger partial charge >= 0.3 is 0 Å². The summed E-state index contributed by atoms with van der Waals surface area (Å²) in [6.07, 6.45) is 2.34. The molecule has 0 aromatic carbocycles. The van der Waals surface area contributed by atoms with Crippen molar-refractivity contribution in [3.05, 3.63) is 11.6 Å². The Morgan fingerprint density at radius 3 is 2.31 bits per heavy atom. The van der Waals surface area contributed by atoms with Crippen LogP contribution in [0.3, 0.4) is 0 Å². The molecule has 0 unspecified atom stereocenters. The van der Waals surface area contributed by atoms with Crippen LogP contribution in [0.5, 0.6) is 0 Å². The molecular formula is C29H48O7. The zero-order valence-corrected chi connectivity index (χ0v) is 22.7. The maximum Gasteiger partial charge on any atom is 0.159 e. The number of aliphatic hydroxyl groups is 6. The van der Waals surface area contributed by atoms with Crippen molar-refractivity contribution in [1.82, 2.24) is 0 Å². The molecule has 0 bridgehead atoms. The number of hydrogen-bond donors (Lipinski definition) is 6. The van der Waals surface area contributed by atoms with Crippen molar-refractivity contribution in [2.45, 2.75) is 128 Å². The summed E-state index contributed by atoms with van der Waals surface area (Å²) in [6.45, 7) is 9.63. The van der Waals surface area contributed by atoms with Crippen molar-refractivity contribution in [2.75, 3.05) is 0 Å². The first kappa shape index (κ1) is 28.2. The Balaban J connectivity index is 1.64. The third-order valence-electron chi connectivity index (χ3n) is 11.6. The Morgan fingerprint density at radius 1 is 1.06 bits per heavy atom. The molecule has 0 radical (unpaired) electrons. The van der Waals surface area contributed by atoms with E-state index in [1.165, 1.54) is 0 Å². The molecule has 7 heteroatoms. The van der Waals surface area contributed by atoms with Gasteiger partial charge in [0.1, 0.15) is 0 Å². The Kier molecular flexibility index (Phi) is 7.38. The van der Waals surface area contributed by atoms with E-state index < -0.39 is 52.4 Å². The van der Waals surface area contributed by atoms with E-state index >= 15 is 0 Å². The molecule has 0 aromatic heterocycles. The highest BCUT2D eigenvalue weighted by molar-refractivity contribution is 5.95. The van der Waals surface area contributed by atoms with Crippen molar-refractivity contribution in [3.63, 3.8) is 0 Å². The third kappa shape index (κ3) is 3.95. The van der Waals surface area contributed by atoms with Crippen LogP contribution in [-0.2, 0) is 4.79 Å². The highest BCUT2D eigenvalue weighted by Crippen LogP contribution is 2.68. The molecule has 0 aliphatic heterocycles. The average molecular weight is 509 g/mol. The lowest BCUT2D eigenvalue weighted by atomic mass is 9.45. The van der Waals surface area contributed by atoms with Gasteiger partial charge in [0.25, 0.3) is 0 Å². The van der Waals surface area contributed by atoms with Crippen molar-refractivity contribution < 1.29 is 35.4 Å². The summed E-state index contributed by atoms with van der Waals surface area (Å²) < 4.78 is 0. The number of carbonyl (C=O) groups is 1. The van der Waals surface area contributed by atoms with Crippen LogP contribution in [0.1, 0.15) is 92.4 Å². The largest absolute Gasteiger partial charge is 0.393 e. The first-order valence-corrected chi connectivity index (χ1v) is 14.1. The summed E-state index contributed by atoms with van der Waals surface area (Å²) in [7, 11) is 0. The van der Waals surface area contributed by atoms with Crippen molar-refractivity contribution in [3.8, 4) is 0 Å². The van der Waals surface area contributed by atoms with Crippen LogP contribution in [0.25, 0.3) is 0 Å². The third-order valence-corrected chi connectivity index (χ3v) is 11.6. The summed E-state index contributed by atoms with van der Waals surface area (Å²) >= 11 is 0. The monoisotopic (exact) mass is 508 g/mol. The molecule has 0 aromatic rings. The lowest BCUT2D eigenvalue weighted by Gasteiger charge is -2.60. The van der Waals surface area contributed by atoms with Crippen LogP contribution < -0.4 is 0 Å². The highest BCUT2D eigenvalue weighted by atomic mass is 16.3. The van der Waals surface area contributed by atoms with E-state index in [2.05, 4.69) is 0 Å². The molecule has 11 atom stereocenters. The van der Waals surface area contributed by atoms with E-state index in [0.29, 0.717) is 37.7 Å². The Labute approximate surface area is 215 Å². The first-order chi connectivity index (χ1) is 16.7. The minimum absolute atomic E-state index is 0.0541. The smallest absolute Gasteiger partial charge is 0.159 e. The zero-order chi connectivity index (χ0) is 26.8. The molecule has 0 heterocycles. The van der Waals surface area contributed by atoms with Crippen LogP contribution in [0, 0.1) is 34.5 Å².